The topological polar surface area (TPSA) is 50.8 Å². The van der Waals surface area contributed by atoms with Gasteiger partial charge in [-0.15, -0.1) is 0 Å². The van der Waals surface area contributed by atoms with Crippen LogP contribution in [0, 0.1) is 0 Å². The molecule has 2 N–H and O–H groups in total. The van der Waals surface area contributed by atoms with Crippen LogP contribution < -0.4 is 5.73 Å². The average Bonchev–Trinajstić information content (AvgIpc) is 2.46. The van der Waals surface area contributed by atoms with Crippen molar-refractivity contribution in [1.82, 2.24) is 4.90 Å². The highest BCUT2D eigenvalue weighted by Crippen LogP contribution is 2.35. The lowest BCUT2D eigenvalue weighted by Gasteiger charge is -2.36. The Morgan fingerprint density at radius 1 is 1.30 bits per heavy atom. The molecular formula is C15H22BrN3O. The van der Waals surface area contributed by atoms with Crippen molar-refractivity contribution in [3.63, 3.8) is 0 Å². The number of ether oxygens (including phenoxy) is 1. The molecule has 1 aliphatic heterocycles. The largest absolute Gasteiger partial charge is 0.381 e. The van der Waals surface area contributed by atoms with Gasteiger partial charge in [-0.2, -0.15) is 0 Å². The number of rotatable bonds is 3. The van der Waals surface area contributed by atoms with Crippen molar-refractivity contribution in [1.29, 1.82) is 0 Å². The van der Waals surface area contributed by atoms with E-state index in [1.807, 2.05) is 19.0 Å². The smallest absolute Gasteiger partial charge is 0.190 e. The number of hydrogen-bond donors (Lipinski definition) is 1. The Labute approximate surface area is 129 Å². The van der Waals surface area contributed by atoms with Crippen LogP contribution in [0.3, 0.4) is 0 Å². The molecule has 0 amide bonds. The Balaban J connectivity index is 2.26. The molecule has 1 saturated heterocycles. The molecule has 20 heavy (non-hydrogen) atoms. The molecule has 0 radical (unpaired) electrons. The van der Waals surface area contributed by atoms with Gasteiger partial charge in [-0.25, -0.2) is 0 Å². The van der Waals surface area contributed by atoms with Gasteiger partial charge in [0, 0.05) is 37.2 Å². The van der Waals surface area contributed by atoms with Crippen LogP contribution >= 0.6 is 15.9 Å². The van der Waals surface area contributed by atoms with Crippen molar-refractivity contribution in [2.45, 2.75) is 18.3 Å². The maximum Gasteiger partial charge on any atom is 0.190 e. The highest BCUT2D eigenvalue weighted by molar-refractivity contribution is 9.10. The molecule has 0 saturated carbocycles. The maximum atomic E-state index is 5.93. The number of nitrogens with zero attached hydrogens (tertiary/aromatic N) is 2. The minimum Gasteiger partial charge on any atom is -0.381 e. The summed E-state index contributed by atoms with van der Waals surface area (Å²) in [6.45, 7) is 2.28. The first-order valence-electron chi connectivity index (χ1n) is 6.84. The molecule has 0 unspecified atom stereocenters. The fraction of sp³-hybridized carbons (Fsp3) is 0.533. The summed E-state index contributed by atoms with van der Waals surface area (Å²) in [7, 11) is 3.82. The van der Waals surface area contributed by atoms with E-state index in [2.05, 4.69) is 45.2 Å². The van der Waals surface area contributed by atoms with Gasteiger partial charge in [-0.05, 0) is 30.5 Å². The first kappa shape index (κ1) is 15.3. The van der Waals surface area contributed by atoms with Gasteiger partial charge in [0.1, 0.15) is 0 Å². The van der Waals surface area contributed by atoms with Gasteiger partial charge in [0.25, 0.3) is 0 Å². The van der Waals surface area contributed by atoms with E-state index in [9.17, 15) is 0 Å². The van der Waals surface area contributed by atoms with Crippen LogP contribution in [0.15, 0.2) is 33.7 Å². The second kappa shape index (κ2) is 6.59. The quantitative estimate of drug-likeness (QED) is 0.679. The molecule has 4 nitrogen and oxygen atoms in total. The van der Waals surface area contributed by atoms with E-state index in [1.165, 1.54) is 5.56 Å². The normalized spacial score (nSPS) is 18.9. The van der Waals surface area contributed by atoms with Crippen molar-refractivity contribution in [2.75, 3.05) is 33.9 Å². The summed E-state index contributed by atoms with van der Waals surface area (Å²) in [5, 5.41) is 0. The number of aliphatic imine (C=N–C) groups is 1. The zero-order valence-corrected chi connectivity index (χ0v) is 13.7. The van der Waals surface area contributed by atoms with E-state index in [0.29, 0.717) is 12.5 Å². The Kier molecular flexibility index (Phi) is 5.05. The fourth-order valence-corrected chi connectivity index (χ4v) is 2.74. The Bertz CT molecular complexity index is 465. The summed E-state index contributed by atoms with van der Waals surface area (Å²) >= 11 is 3.49. The Morgan fingerprint density at radius 3 is 2.45 bits per heavy atom. The number of nitrogens with two attached hydrogens (primary N) is 1. The van der Waals surface area contributed by atoms with Crippen LogP contribution in [0.2, 0.25) is 0 Å². The summed E-state index contributed by atoms with van der Waals surface area (Å²) < 4.78 is 6.62. The van der Waals surface area contributed by atoms with Crippen LogP contribution in [-0.2, 0) is 10.2 Å². The standard InChI is InChI=1S/C15H22BrN3O/c1-19(2)14(17)18-11-15(7-9-20-10-8-15)12-3-5-13(16)6-4-12/h3-6H,7-11H2,1-2H3,(H2,17,18). The summed E-state index contributed by atoms with van der Waals surface area (Å²) in [6, 6.07) is 8.53. The Hall–Kier alpha value is -1.07. The van der Waals surface area contributed by atoms with Gasteiger partial charge in [-0.1, -0.05) is 28.1 Å². The maximum absolute atomic E-state index is 5.93. The first-order valence-corrected chi connectivity index (χ1v) is 7.64. The molecule has 1 aromatic rings. The molecule has 0 aliphatic carbocycles. The number of hydrogen-bond acceptors (Lipinski definition) is 2. The molecule has 0 spiro atoms. The van der Waals surface area contributed by atoms with E-state index in [-0.39, 0.29) is 5.41 Å². The van der Waals surface area contributed by atoms with Crippen molar-refractivity contribution in [3.8, 4) is 0 Å². The predicted octanol–water partition coefficient (Wildman–Crippen LogP) is 2.37. The van der Waals surface area contributed by atoms with Gasteiger partial charge < -0.3 is 15.4 Å². The van der Waals surface area contributed by atoms with E-state index in [0.717, 1.165) is 30.5 Å². The lowest BCUT2D eigenvalue weighted by atomic mass is 9.74. The van der Waals surface area contributed by atoms with Gasteiger partial charge in [0.15, 0.2) is 5.96 Å². The van der Waals surface area contributed by atoms with Gasteiger partial charge in [0.2, 0.25) is 0 Å². The molecule has 1 aliphatic rings. The fourth-order valence-electron chi connectivity index (χ4n) is 2.48. The molecule has 0 atom stereocenters. The minimum absolute atomic E-state index is 0.0412. The second-order valence-electron chi connectivity index (χ2n) is 5.47. The van der Waals surface area contributed by atoms with Crippen LogP contribution in [-0.4, -0.2) is 44.7 Å². The number of halogens is 1. The van der Waals surface area contributed by atoms with Gasteiger partial charge in [-0.3, -0.25) is 4.99 Å². The summed E-state index contributed by atoms with van der Waals surface area (Å²) in [4.78, 5) is 6.41. The molecule has 1 heterocycles. The highest BCUT2D eigenvalue weighted by Gasteiger charge is 2.34. The van der Waals surface area contributed by atoms with Crippen molar-refractivity contribution < 1.29 is 4.74 Å². The summed E-state index contributed by atoms with van der Waals surface area (Å²) in [6.07, 6.45) is 1.97. The van der Waals surface area contributed by atoms with Gasteiger partial charge >= 0.3 is 0 Å². The lowest BCUT2D eigenvalue weighted by Crippen LogP contribution is -2.39. The van der Waals surface area contributed by atoms with Crippen LogP contribution in [0.4, 0.5) is 0 Å². The second-order valence-corrected chi connectivity index (χ2v) is 6.38. The highest BCUT2D eigenvalue weighted by atomic mass is 79.9. The van der Waals surface area contributed by atoms with Gasteiger partial charge in [0.05, 0.1) is 6.54 Å². The average molecular weight is 340 g/mol. The molecule has 1 aromatic carbocycles. The number of guanidine groups is 1. The van der Waals surface area contributed by atoms with Crippen molar-refractivity contribution >= 4 is 21.9 Å². The van der Waals surface area contributed by atoms with Crippen LogP contribution in [0.25, 0.3) is 0 Å². The SMILES string of the molecule is CN(C)C(N)=NCC1(c2ccc(Br)cc2)CCOCC1. The molecule has 2 rings (SSSR count). The van der Waals surface area contributed by atoms with E-state index in [1.54, 1.807) is 0 Å². The molecule has 0 bridgehead atoms. The minimum atomic E-state index is 0.0412. The summed E-state index contributed by atoms with van der Waals surface area (Å²) in [5.41, 5.74) is 7.29. The van der Waals surface area contributed by atoms with Crippen LogP contribution in [0.1, 0.15) is 18.4 Å². The third kappa shape index (κ3) is 3.52. The van der Waals surface area contributed by atoms with E-state index >= 15 is 0 Å². The summed E-state index contributed by atoms with van der Waals surface area (Å²) in [5.74, 6) is 0.577. The molecule has 5 heteroatoms. The van der Waals surface area contributed by atoms with E-state index < -0.39 is 0 Å². The van der Waals surface area contributed by atoms with Crippen molar-refractivity contribution in [2.24, 2.45) is 10.7 Å². The molecule has 110 valence electrons. The monoisotopic (exact) mass is 339 g/mol. The van der Waals surface area contributed by atoms with Crippen LogP contribution in [0.5, 0.6) is 0 Å². The molecular weight excluding hydrogens is 318 g/mol. The molecule has 1 fully saturated rings. The zero-order valence-electron chi connectivity index (χ0n) is 12.1. The lowest BCUT2D eigenvalue weighted by molar-refractivity contribution is 0.0530. The predicted molar refractivity (Wildman–Crippen MR) is 86.0 cm³/mol. The first-order chi connectivity index (χ1) is 9.53. The number of benzene rings is 1. The van der Waals surface area contributed by atoms with E-state index in [4.69, 9.17) is 10.5 Å². The third-order valence-corrected chi connectivity index (χ3v) is 4.44. The molecule has 0 aromatic heterocycles. The van der Waals surface area contributed by atoms with Crippen molar-refractivity contribution in [3.05, 3.63) is 34.3 Å². The Morgan fingerprint density at radius 2 is 1.90 bits per heavy atom. The third-order valence-electron chi connectivity index (χ3n) is 3.91. The zero-order chi connectivity index (χ0) is 14.6.